The average molecular weight is 295 g/mol. The van der Waals surface area contributed by atoms with Gasteiger partial charge in [-0.25, -0.2) is 8.42 Å². The van der Waals surface area contributed by atoms with Gasteiger partial charge in [0.1, 0.15) is 0 Å². The zero-order valence-electron chi connectivity index (χ0n) is 6.87. The van der Waals surface area contributed by atoms with Crippen molar-refractivity contribution in [3.63, 3.8) is 0 Å². The van der Waals surface area contributed by atoms with Crippen molar-refractivity contribution in [3.8, 4) is 6.07 Å². The van der Waals surface area contributed by atoms with Crippen molar-refractivity contribution < 1.29 is 8.42 Å². The second kappa shape index (κ2) is 4.30. The molecule has 0 fully saturated rings. The van der Waals surface area contributed by atoms with Gasteiger partial charge in [-0.05, 0) is 23.8 Å². The van der Waals surface area contributed by atoms with E-state index < -0.39 is 9.05 Å². The maximum absolute atomic E-state index is 11.1. The second-order valence-electron chi connectivity index (χ2n) is 2.51. The van der Waals surface area contributed by atoms with Gasteiger partial charge >= 0.3 is 0 Å². The Kier molecular flexibility index (Phi) is 3.53. The molecule has 0 unspecified atom stereocenters. The van der Waals surface area contributed by atoms with E-state index in [9.17, 15) is 8.42 Å². The Balaban J connectivity index is 3.42. The van der Waals surface area contributed by atoms with Crippen molar-refractivity contribution in [1.82, 2.24) is 0 Å². The first kappa shape index (κ1) is 11.5. The van der Waals surface area contributed by atoms with E-state index in [1.54, 1.807) is 0 Å². The summed E-state index contributed by atoms with van der Waals surface area (Å²) >= 11 is 3.13. The highest BCUT2D eigenvalue weighted by molar-refractivity contribution is 9.08. The number of hydrogen-bond acceptors (Lipinski definition) is 3. The molecule has 74 valence electrons. The maximum Gasteiger partial charge on any atom is 0.261 e. The number of halogens is 2. The fourth-order valence-electron chi connectivity index (χ4n) is 0.991. The van der Waals surface area contributed by atoms with Crippen LogP contribution in [0, 0.1) is 11.3 Å². The minimum Gasteiger partial charge on any atom is -0.207 e. The number of alkyl halides is 1. The lowest BCUT2D eigenvalue weighted by Crippen LogP contribution is -1.96. The van der Waals surface area contributed by atoms with Crippen LogP contribution in [0.5, 0.6) is 0 Å². The third kappa shape index (κ3) is 2.47. The highest BCUT2D eigenvalue weighted by Gasteiger charge is 2.14. The molecular formula is C8H5BrClNO2S. The smallest absolute Gasteiger partial charge is 0.207 e. The van der Waals surface area contributed by atoms with Gasteiger partial charge in [0.05, 0.1) is 16.5 Å². The molecule has 3 nitrogen and oxygen atoms in total. The minimum absolute atomic E-state index is 0.0371. The zero-order valence-corrected chi connectivity index (χ0v) is 10.0. The number of nitrogens with zero attached hydrogens (tertiary/aromatic N) is 1. The number of rotatable bonds is 2. The van der Waals surface area contributed by atoms with Gasteiger partial charge in [-0.2, -0.15) is 5.26 Å². The lowest BCUT2D eigenvalue weighted by molar-refractivity contribution is 0.609. The van der Waals surface area contributed by atoms with Crippen molar-refractivity contribution in [2.45, 2.75) is 10.2 Å². The molecule has 0 amide bonds. The summed E-state index contributed by atoms with van der Waals surface area (Å²) in [5.41, 5.74) is 0.891. The number of benzene rings is 1. The van der Waals surface area contributed by atoms with Gasteiger partial charge in [0.2, 0.25) is 0 Å². The topological polar surface area (TPSA) is 57.9 Å². The highest BCUT2D eigenvalue weighted by Crippen LogP contribution is 2.23. The van der Waals surface area contributed by atoms with E-state index >= 15 is 0 Å². The molecule has 0 aliphatic heterocycles. The van der Waals surface area contributed by atoms with E-state index in [1.807, 2.05) is 6.07 Å². The van der Waals surface area contributed by atoms with Crippen LogP contribution in [0.15, 0.2) is 23.1 Å². The Hall–Kier alpha value is -0.570. The van der Waals surface area contributed by atoms with E-state index in [1.165, 1.54) is 18.2 Å². The predicted octanol–water partition coefficient (Wildman–Crippen LogP) is 2.38. The van der Waals surface area contributed by atoms with E-state index in [-0.39, 0.29) is 4.90 Å². The Bertz CT molecular complexity index is 493. The monoisotopic (exact) mass is 293 g/mol. The standard InChI is InChI=1S/C8H5BrClNO2S/c9-4-7-3-6(5-11)1-2-8(7)14(10,12)13/h1-3H,4H2. The summed E-state index contributed by atoms with van der Waals surface area (Å²) in [6.07, 6.45) is 0. The highest BCUT2D eigenvalue weighted by atomic mass is 79.9. The van der Waals surface area contributed by atoms with E-state index in [2.05, 4.69) is 15.9 Å². The first-order chi connectivity index (χ1) is 6.49. The van der Waals surface area contributed by atoms with Gasteiger partial charge in [0.15, 0.2) is 0 Å². The number of nitriles is 1. The summed E-state index contributed by atoms with van der Waals surface area (Å²) in [7, 11) is 1.47. The van der Waals surface area contributed by atoms with Crippen LogP contribution in [0.25, 0.3) is 0 Å². The SMILES string of the molecule is N#Cc1ccc(S(=O)(=O)Cl)c(CBr)c1. The van der Waals surface area contributed by atoms with Gasteiger partial charge in [-0.1, -0.05) is 15.9 Å². The van der Waals surface area contributed by atoms with E-state index in [0.717, 1.165) is 0 Å². The molecule has 0 aliphatic carbocycles. The van der Waals surface area contributed by atoms with Crippen molar-refractivity contribution >= 4 is 35.7 Å². The van der Waals surface area contributed by atoms with Crippen molar-refractivity contribution in [2.75, 3.05) is 0 Å². The molecule has 0 bridgehead atoms. The molecule has 1 aromatic rings. The molecule has 1 aromatic carbocycles. The quantitative estimate of drug-likeness (QED) is 0.621. The zero-order chi connectivity index (χ0) is 10.8. The van der Waals surface area contributed by atoms with Crippen LogP contribution in [0.1, 0.15) is 11.1 Å². The van der Waals surface area contributed by atoms with Crippen molar-refractivity contribution in [1.29, 1.82) is 5.26 Å². The Labute approximate surface area is 94.9 Å². The Morgan fingerprint density at radius 2 is 2.14 bits per heavy atom. The molecular weight excluding hydrogens is 290 g/mol. The minimum atomic E-state index is -3.74. The Morgan fingerprint density at radius 3 is 2.57 bits per heavy atom. The summed E-state index contributed by atoms with van der Waals surface area (Å²) < 4.78 is 22.1. The van der Waals surface area contributed by atoms with Crippen molar-refractivity contribution in [2.24, 2.45) is 0 Å². The van der Waals surface area contributed by atoms with Crippen LogP contribution in [-0.4, -0.2) is 8.42 Å². The summed E-state index contributed by atoms with van der Waals surface area (Å²) in [6.45, 7) is 0. The lowest BCUT2D eigenvalue weighted by Gasteiger charge is -2.03. The average Bonchev–Trinajstić information content (AvgIpc) is 2.15. The molecule has 0 heterocycles. The van der Waals surface area contributed by atoms with Crippen LogP contribution in [0.3, 0.4) is 0 Å². The van der Waals surface area contributed by atoms with Crippen molar-refractivity contribution in [3.05, 3.63) is 29.3 Å². The third-order valence-electron chi connectivity index (χ3n) is 1.60. The van der Waals surface area contributed by atoms with Gasteiger partial charge in [0.25, 0.3) is 9.05 Å². The Morgan fingerprint density at radius 1 is 1.50 bits per heavy atom. The molecule has 0 radical (unpaired) electrons. The van der Waals surface area contributed by atoms with Gasteiger partial charge in [-0.3, -0.25) is 0 Å². The van der Waals surface area contributed by atoms with Crippen LogP contribution in [0.4, 0.5) is 0 Å². The molecule has 0 spiro atoms. The molecule has 0 aliphatic rings. The molecule has 0 N–H and O–H groups in total. The first-order valence-corrected chi connectivity index (χ1v) is 6.96. The molecule has 14 heavy (non-hydrogen) atoms. The van der Waals surface area contributed by atoms with Crippen LogP contribution in [-0.2, 0) is 14.4 Å². The molecule has 0 aromatic heterocycles. The van der Waals surface area contributed by atoms with E-state index in [4.69, 9.17) is 15.9 Å². The van der Waals surface area contributed by atoms with Crippen LogP contribution >= 0.6 is 26.6 Å². The summed E-state index contributed by atoms with van der Waals surface area (Å²) in [6, 6.07) is 6.16. The summed E-state index contributed by atoms with van der Waals surface area (Å²) in [5, 5.41) is 8.94. The largest absolute Gasteiger partial charge is 0.261 e. The van der Waals surface area contributed by atoms with Gasteiger partial charge in [-0.15, -0.1) is 0 Å². The van der Waals surface area contributed by atoms with Gasteiger partial charge in [0, 0.05) is 16.0 Å². The maximum atomic E-state index is 11.1. The number of hydrogen-bond donors (Lipinski definition) is 0. The van der Waals surface area contributed by atoms with Crippen LogP contribution < -0.4 is 0 Å². The molecule has 1 rings (SSSR count). The normalized spacial score (nSPS) is 10.9. The lowest BCUT2D eigenvalue weighted by atomic mass is 10.2. The summed E-state index contributed by atoms with van der Waals surface area (Å²) in [4.78, 5) is 0.0371. The summed E-state index contributed by atoms with van der Waals surface area (Å²) in [5.74, 6) is 0. The van der Waals surface area contributed by atoms with Gasteiger partial charge < -0.3 is 0 Å². The predicted molar refractivity (Wildman–Crippen MR) is 56.8 cm³/mol. The second-order valence-corrected chi connectivity index (χ2v) is 5.60. The fourth-order valence-corrected chi connectivity index (χ4v) is 2.77. The van der Waals surface area contributed by atoms with E-state index in [0.29, 0.717) is 16.5 Å². The van der Waals surface area contributed by atoms with Crippen LogP contribution in [0.2, 0.25) is 0 Å². The molecule has 6 heteroatoms. The third-order valence-corrected chi connectivity index (χ3v) is 3.62. The molecule has 0 saturated carbocycles. The fraction of sp³-hybridized carbons (Fsp3) is 0.125. The molecule has 0 saturated heterocycles. The first-order valence-electron chi connectivity index (χ1n) is 3.52. The molecule has 0 atom stereocenters.